The predicted molar refractivity (Wildman–Crippen MR) is 73.3 cm³/mol. The van der Waals surface area contributed by atoms with Gasteiger partial charge in [-0.1, -0.05) is 6.07 Å². The van der Waals surface area contributed by atoms with Crippen LogP contribution in [0.3, 0.4) is 0 Å². The molecule has 1 N–H and O–H groups in total. The van der Waals surface area contributed by atoms with E-state index in [1.807, 2.05) is 24.3 Å². The zero-order chi connectivity index (χ0) is 13.8. The van der Waals surface area contributed by atoms with E-state index in [0.29, 0.717) is 23.9 Å². The van der Waals surface area contributed by atoms with Crippen LogP contribution in [0.4, 0.5) is 5.69 Å². The van der Waals surface area contributed by atoms with Crippen molar-refractivity contribution in [1.82, 2.24) is 14.8 Å². The van der Waals surface area contributed by atoms with Gasteiger partial charge in [0.1, 0.15) is 0 Å². The molecule has 0 aromatic carbocycles. The first-order valence-corrected chi connectivity index (χ1v) is 6.43. The summed E-state index contributed by atoms with van der Waals surface area (Å²) in [6.07, 6.45) is 8.61. The molecule has 0 fully saturated rings. The number of amides is 1. The molecule has 2 aromatic rings. The van der Waals surface area contributed by atoms with E-state index in [1.54, 1.807) is 23.3 Å². The molecule has 1 aliphatic rings. The van der Waals surface area contributed by atoms with Crippen LogP contribution in [-0.4, -0.2) is 27.3 Å². The summed E-state index contributed by atoms with van der Waals surface area (Å²) >= 11 is 0. The van der Waals surface area contributed by atoms with Crippen LogP contribution in [0.15, 0.2) is 48.6 Å². The summed E-state index contributed by atoms with van der Waals surface area (Å²) in [6, 6.07) is 5.55. The molecular weight excluding hydrogens is 256 g/mol. The molecule has 102 valence electrons. The van der Waals surface area contributed by atoms with Crippen molar-refractivity contribution < 1.29 is 9.53 Å². The van der Waals surface area contributed by atoms with E-state index in [1.165, 1.54) is 0 Å². The van der Waals surface area contributed by atoms with Gasteiger partial charge in [0.2, 0.25) is 0 Å². The average Bonchev–Trinajstić information content (AvgIpc) is 2.97. The third kappa shape index (κ3) is 2.69. The van der Waals surface area contributed by atoms with Crippen molar-refractivity contribution in [1.29, 1.82) is 0 Å². The summed E-state index contributed by atoms with van der Waals surface area (Å²) in [5, 5.41) is 6.92. The molecule has 0 spiro atoms. The summed E-state index contributed by atoms with van der Waals surface area (Å²) in [5.41, 5.74) is 0.607. The molecule has 3 rings (SSSR count). The molecule has 0 unspecified atom stereocenters. The second-order valence-corrected chi connectivity index (χ2v) is 4.37. The zero-order valence-corrected chi connectivity index (χ0v) is 10.8. The second-order valence-electron chi connectivity index (χ2n) is 4.37. The lowest BCUT2D eigenvalue weighted by atomic mass is 10.2. The van der Waals surface area contributed by atoms with Crippen LogP contribution >= 0.6 is 0 Å². The first-order valence-electron chi connectivity index (χ1n) is 6.43. The minimum atomic E-state index is -0.245. The molecule has 2 aromatic heterocycles. The second kappa shape index (κ2) is 5.56. The SMILES string of the molecule is O=C(Nc1cnn(-c2ccccn2)c1)C1=CCCCO1. The highest BCUT2D eigenvalue weighted by atomic mass is 16.5. The van der Waals surface area contributed by atoms with Crippen LogP contribution in [-0.2, 0) is 9.53 Å². The number of hydrogen-bond donors (Lipinski definition) is 1. The van der Waals surface area contributed by atoms with Crippen molar-refractivity contribution in [2.45, 2.75) is 12.8 Å². The van der Waals surface area contributed by atoms with E-state index in [9.17, 15) is 4.79 Å². The Balaban J connectivity index is 1.71. The Morgan fingerprint density at radius 1 is 1.40 bits per heavy atom. The van der Waals surface area contributed by atoms with Gasteiger partial charge in [-0.3, -0.25) is 4.79 Å². The minimum absolute atomic E-state index is 0.245. The maximum absolute atomic E-state index is 12.0. The lowest BCUT2D eigenvalue weighted by molar-refractivity contribution is -0.116. The minimum Gasteiger partial charge on any atom is -0.488 e. The largest absolute Gasteiger partial charge is 0.488 e. The number of rotatable bonds is 3. The Morgan fingerprint density at radius 3 is 3.10 bits per heavy atom. The van der Waals surface area contributed by atoms with E-state index in [-0.39, 0.29) is 5.91 Å². The van der Waals surface area contributed by atoms with Gasteiger partial charge in [0.15, 0.2) is 11.6 Å². The van der Waals surface area contributed by atoms with Crippen molar-refractivity contribution in [3.05, 3.63) is 48.6 Å². The normalized spacial score (nSPS) is 14.3. The number of ether oxygens (including phenoxy) is 1. The van der Waals surface area contributed by atoms with Gasteiger partial charge in [-0.05, 0) is 31.1 Å². The van der Waals surface area contributed by atoms with E-state index in [2.05, 4.69) is 15.4 Å². The van der Waals surface area contributed by atoms with Crippen LogP contribution in [0.2, 0.25) is 0 Å². The number of carbonyl (C=O) groups is 1. The quantitative estimate of drug-likeness (QED) is 0.924. The van der Waals surface area contributed by atoms with E-state index in [0.717, 1.165) is 12.8 Å². The van der Waals surface area contributed by atoms with Gasteiger partial charge in [0.05, 0.1) is 24.7 Å². The third-order valence-corrected chi connectivity index (χ3v) is 2.88. The standard InChI is InChI=1S/C14H14N4O2/c19-14(12-5-2-4-8-20-12)17-11-9-16-18(10-11)13-6-1-3-7-15-13/h1,3,5-7,9-10H,2,4,8H2,(H,17,19). The van der Waals surface area contributed by atoms with Crippen LogP contribution in [0.1, 0.15) is 12.8 Å². The van der Waals surface area contributed by atoms with Gasteiger partial charge >= 0.3 is 0 Å². The fourth-order valence-corrected chi connectivity index (χ4v) is 1.91. The number of pyridine rings is 1. The van der Waals surface area contributed by atoms with E-state index >= 15 is 0 Å². The van der Waals surface area contributed by atoms with Crippen molar-refractivity contribution in [3.63, 3.8) is 0 Å². The Morgan fingerprint density at radius 2 is 2.35 bits per heavy atom. The summed E-state index contributed by atoms with van der Waals surface area (Å²) in [7, 11) is 0. The maximum atomic E-state index is 12.0. The molecule has 1 amide bonds. The summed E-state index contributed by atoms with van der Waals surface area (Å²) in [4.78, 5) is 16.1. The van der Waals surface area contributed by atoms with Crippen molar-refractivity contribution in [2.75, 3.05) is 11.9 Å². The number of carbonyl (C=O) groups excluding carboxylic acids is 1. The van der Waals surface area contributed by atoms with Crippen LogP contribution in [0.5, 0.6) is 0 Å². The number of aromatic nitrogens is 3. The maximum Gasteiger partial charge on any atom is 0.290 e. The molecule has 0 saturated heterocycles. The van der Waals surface area contributed by atoms with Crippen molar-refractivity contribution in [2.24, 2.45) is 0 Å². The molecule has 0 atom stereocenters. The van der Waals surface area contributed by atoms with Crippen LogP contribution in [0, 0.1) is 0 Å². The zero-order valence-electron chi connectivity index (χ0n) is 10.8. The smallest absolute Gasteiger partial charge is 0.290 e. The lowest BCUT2D eigenvalue weighted by Crippen LogP contribution is -2.18. The third-order valence-electron chi connectivity index (χ3n) is 2.88. The van der Waals surface area contributed by atoms with Gasteiger partial charge in [0.25, 0.3) is 5.91 Å². The Kier molecular flexibility index (Phi) is 3.45. The Bertz CT molecular complexity index is 634. The van der Waals surface area contributed by atoms with Gasteiger partial charge in [-0.25, -0.2) is 9.67 Å². The van der Waals surface area contributed by atoms with Crippen LogP contribution < -0.4 is 5.32 Å². The molecule has 1 aliphatic heterocycles. The fourth-order valence-electron chi connectivity index (χ4n) is 1.91. The molecule has 6 heteroatoms. The number of nitrogens with zero attached hydrogens (tertiary/aromatic N) is 3. The molecule has 20 heavy (non-hydrogen) atoms. The average molecular weight is 270 g/mol. The highest BCUT2D eigenvalue weighted by Crippen LogP contribution is 2.14. The molecular formula is C14H14N4O2. The predicted octanol–water partition coefficient (Wildman–Crippen LogP) is 1.90. The number of allylic oxidation sites excluding steroid dienone is 1. The molecule has 0 saturated carbocycles. The number of anilines is 1. The van der Waals surface area contributed by atoms with Crippen molar-refractivity contribution in [3.8, 4) is 5.82 Å². The number of nitrogens with one attached hydrogen (secondary N) is 1. The fraction of sp³-hybridized carbons (Fsp3) is 0.214. The topological polar surface area (TPSA) is 69.0 Å². The highest BCUT2D eigenvalue weighted by Gasteiger charge is 2.14. The van der Waals surface area contributed by atoms with E-state index < -0.39 is 0 Å². The van der Waals surface area contributed by atoms with Gasteiger partial charge in [0, 0.05) is 6.20 Å². The molecule has 0 radical (unpaired) electrons. The molecule has 3 heterocycles. The highest BCUT2D eigenvalue weighted by molar-refractivity contribution is 6.02. The monoisotopic (exact) mass is 270 g/mol. The Hall–Kier alpha value is -2.63. The summed E-state index contributed by atoms with van der Waals surface area (Å²) < 4.78 is 6.92. The number of hydrogen-bond acceptors (Lipinski definition) is 4. The molecule has 0 aliphatic carbocycles. The summed E-state index contributed by atoms with van der Waals surface area (Å²) in [6.45, 7) is 0.590. The van der Waals surface area contributed by atoms with Crippen molar-refractivity contribution >= 4 is 11.6 Å². The van der Waals surface area contributed by atoms with Gasteiger partial charge < -0.3 is 10.1 Å². The van der Waals surface area contributed by atoms with Gasteiger partial charge in [-0.2, -0.15) is 5.10 Å². The summed E-state index contributed by atoms with van der Waals surface area (Å²) in [5.74, 6) is 0.827. The molecule has 6 nitrogen and oxygen atoms in total. The lowest BCUT2D eigenvalue weighted by Gasteiger charge is -2.13. The first-order chi connectivity index (χ1) is 9.83. The molecule has 0 bridgehead atoms. The first kappa shape index (κ1) is 12.4. The van der Waals surface area contributed by atoms with Crippen LogP contribution in [0.25, 0.3) is 5.82 Å². The Labute approximate surface area is 116 Å². The van der Waals surface area contributed by atoms with Gasteiger partial charge in [-0.15, -0.1) is 0 Å². The van der Waals surface area contributed by atoms with E-state index in [4.69, 9.17) is 4.74 Å².